The molecule has 0 spiro atoms. The molecule has 3 aromatic heterocycles. The van der Waals surface area contributed by atoms with Gasteiger partial charge in [-0.05, 0) is 32.8 Å². The molecule has 3 heterocycles. The Morgan fingerprint density at radius 3 is 2.59 bits per heavy atom. The summed E-state index contributed by atoms with van der Waals surface area (Å²) in [5.41, 5.74) is 12.3. The highest BCUT2D eigenvalue weighted by atomic mass is 19.1. The molecule has 1 amide bonds. The molecule has 0 atom stereocenters. The summed E-state index contributed by atoms with van der Waals surface area (Å²) in [4.78, 5) is 30.9. The van der Waals surface area contributed by atoms with E-state index in [4.69, 9.17) is 11.5 Å². The van der Waals surface area contributed by atoms with Crippen molar-refractivity contribution in [1.82, 2.24) is 34.4 Å². The molecule has 4 N–H and O–H groups in total. The second kappa shape index (κ2) is 8.86. The normalized spacial score (nSPS) is 11.9. The lowest BCUT2D eigenvalue weighted by Crippen LogP contribution is -2.31. The first kappa shape index (κ1) is 23.4. The van der Waals surface area contributed by atoms with Crippen LogP contribution in [0.15, 0.2) is 24.5 Å². The van der Waals surface area contributed by atoms with Crippen molar-refractivity contribution in [2.24, 2.45) is 5.73 Å². The number of nitrogen functional groups attached to an aromatic ring is 1. The minimum absolute atomic E-state index is 0.0396. The number of aryl methyl sites for hydroxylation is 1. The maximum Gasteiger partial charge on any atom is 0.273 e. The van der Waals surface area contributed by atoms with Crippen LogP contribution in [0.1, 0.15) is 48.7 Å². The molecule has 4 rings (SSSR count). The molecule has 4 aromatic rings. The van der Waals surface area contributed by atoms with E-state index in [9.17, 15) is 13.6 Å². The van der Waals surface area contributed by atoms with Crippen molar-refractivity contribution in [3.8, 4) is 0 Å². The highest BCUT2D eigenvalue weighted by molar-refractivity contribution is 5.92. The van der Waals surface area contributed by atoms with Gasteiger partial charge in [0.1, 0.15) is 17.0 Å². The van der Waals surface area contributed by atoms with Gasteiger partial charge < -0.3 is 16.4 Å². The van der Waals surface area contributed by atoms with E-state index in [0.717, 1.165) is 12.1 Å². The molecule has 0 fully saturated rings. The van der Waals surface area contributed by atoms with Crippen molar-refractivity contribution in [2.45, 2.75) is 38.6 Å². The zero-order valence-corrected chi connectivity index (χ0v) is 19.1. The van der Waals surface area contributed by atoms with E-state index in [1.54, 1.807) is 11.9 Å². The predicted octanol–water partition coefficient (Wildman–Crippen LogP) is 2.22. The summed E-state index contributed by atoms with van der Waals surface area (Å²) < 4.78 is 29.1. The third kappa shape index (κ3) is 4.62. The fourth-order valence-electron chi connectivity index (χ4n) is 3.51. The molecule has 0 saturated heterocycles. The maximum atomic E-state index is 14.1. The average Bonchev–Trinajstić information content (AvgIpc) is 3.22. The minimum atomic E-state index is -0.812. The fourth-order valence-corrected chi connectivity index (χ4v) is 3.51. The van der Waals surface area contributed by atoms with Crippen molar-refractivity contribution >= 4 is 28.4 Å². The van der Waals surface area contributed by atoms with E-state index in [0.29, 0.717) is 37.3 Å². The van der Waals surface area contributed by atoms with Gasteiger partial charge >= 0.3 is 0 Å². The molecule has 178 valence electrons. The van der Waals surface area contributed by atoms with Crippen LogP contribution in [0.4, 0.5) is 14.7 Å². The van der Waals surface area contributed by atoms with Crippen LogP contribution in [-0.2, 0) is 12.0 Å². The third-order valence-electron chi connectivity index (χ3n) is 5.39. The van der Waals surface area contributed by atoms with Gasteiger partial charge in [-0.25, -0.2) is 23.7 Å². The van der Waals surface area contributed by atoms with Gasteiger partial charge in [0.25, 0.3) is 5.91 Å². The molecular formula is C22H25F2N9O. The number of benzene rings is 1. The largest absolute Gasteiger partial charge is 0.368 e. The van der Waals surface area contributed by atoms with E-state index in [1.165, 1.54) is 16.9 Å². The number of carbonyl (C=O) groups is 1. The Bertz CT molecular complexity index is 1360. The fraction of sp³-hybridized carbons (Fsp3) is 0.364. The van der Waals surface area contributed by atoms with E-state index < -0.39 is 17.2 Å². The van der Waals surface area contributed by atoms with Crippen LogP contribution in [0.5, 0.6) is 0 Å². The summed E-state index contributed by atoms with van der Waals surface area (Å²) in [5, 5.41) is 4.51. The molecule has 0 saturated carbocycles. The molecule has 10 nitrogen and oxygen atoms in total. The zero-order valence-electron chi connectivity index (χ0n) is 19.1. The van der Waals surface area contributed by atoms with Crippen molar-refractivity contribution < 1.29 is 13.6 Å². The summed E-state index contributed by atoms with van der Waals surface area (Å²) >= 11 is 0. The van der Waals surface area contributed by atoms with Gasteiger partial charge in [0, 0.05) is 26.1 Å². The molecular weight excluding hydrogens is 444 g/mol. The number of amides is 1. The van der Waals surface area contributed by atoms with Crippen molar-refractivity contribution in [3.05, 3.63) is 53.4 Å². The number of anilines is 1. The molecule has 0 aliphatic heterocycles. The number of carbonyl (C=O) groups excluding carboxylic acids is 1. The highest BCUT2D eigenvalue weighted by Gasteiger charge is 2.19. The average molecular weight is 470 g/mol. The first-order valence-corrected chi connectivity index (χ1v) is 10.7. The molecule has 0 radical (unpaired) electrons. The number of nitrogens with zero attached hydrogens (tertiary/aromatic N) is 7. The standard InChI is InChI=1S/C22H25F2N9O/c1-22(2,26)16-11-27-15(10-28-16)20(34)32(3)7-5-4-6-17-29-19-13-8-12(23)9-14(24)18(13)30-21(25)33(19)31-17/h8-11H,4-7,26H2,1-3H3,(H2,25,30). The van der Waals surface area contributed by atoms with E-state index >= 15 is 0 Å². The smallest absolute Gasteiger partial charge is 0.273 e. The van der Waals surface area contributed by atoms with Crippen LogP contribution in [0.3, 0.4) is 0 Å². The van der Waals surface area contributed by atoms with Gasteiger partial charge in [-0.15, -0.1) is 5.10 Å². The van der Waals surface area contributed by atoms with Gasteiger partial charge in [0.2, 0.25) is 5.95 Å². The summed E-state index contributed by atoms with van der Waals surface area (Å²) in [6, 6.07) is 1.91. The van der Waals surface area contributed by atoms with E-state index in [-0.39, 0.29) is 34.1 Å². The first-order valence-electron chi connectivity index (χ1n) is 10.7. The summed E-state index contributed by atoms with van der Waals surface area (Å²) in [6.07, 6.45) is 4.78. The number of unbranched alkanes of at least 4 members (excludes halogenated alkanes) is 1. The van der Waals surface area contributed by atoms with Crippen LogP contribution in [-0.4, -0.2) is 53.9 Å². The lowest BCUT2D eigenvalue weighted by Gasteiger charge is -2.19. The Morgan fingerprint density at radius 2 is 1.91 bits per heavy atom. The zero-order chi connectivity index (χ0) is 24.6. The van der Waals surface area contributed by atoms with Crippen LogP contribution < -0.4 is 11.5 Å². The first-order chi connectivity index (χ1) is 16.0. The molecule has 1 aromatic carbocycles. The number of rotatable bonds is 7. The number of hydrogen-bond donors (Lipinski definition) is 2. The second-order valence-corrected chi connectivity index (χ2v) is 8.71. The predicted molar refractivity (Wildman–Crippen MR) is 122 cm³/mol. The van der Waals surface area contributed by atoms with E-state index in [2.05, 4.69) is 25.0 Å². The molecule has 12 heteroatoms. The number of nitrogens with two attached hydrogens (primary N) is 2. The summed E-state index contributed by atoms with van der Waals surface area (Å²) in [6.45, 7) is 4.11. The highest BCUT2D eigenvalue weighted by Crippen LogP contribution is 2.23. The number of hydrogen-bond acceptors (Lipinski definition) is 8. The third-order valence-corrected chi connectivity index (χ3v) is 5.39. The molecule has 0 aliphatic carbocycles. The van der Waals surface area contributed by atoms with Crippen LogP contribution in [0.2, 0.25) is 0 Å². The quantitative estimate of drug-likeness (QED) is 0.393. The van der Waals surface area contributed by atoms with Crippen molar-refractivity contribution in [2.75, 3.05) is 19.3 Å². The van der Waals surface area contributed by atoms with Gasteiger partial charge in [0.05, 0.1) is 29.0 Å². The van der Waals surface area contributed by atoms with Crippen molar-refractivity contribution in [3.63, 3.8) is 0 Å². The molecule has 34 heavy (non-hydrogen) atoms. The topological polar surface area (TPSA) is 141 Å². The van der Waals surface area contributed by atoms with Crippen LogP contribution >= 0.6 is 0 Å². The van der Waals surface area contributed by atoms with E-state index in [1.807, 2.05) is 13.8 Å². The lowest BCUT2D eigenvalue weighted by atomic mass is 10.0. The number of fused-ring (bicyclic) bond motifs is 3. The Hall–Kier alpha value is -3.80. The van der Waals surface area contributed by atoms with Gasteiger partial charge in [-0.2, -0.15) is 4.52 Å². The Kier molecular flexibility index (Phi) is 6.09. The maximum absolute atomic E-state index is 14.1. The van der Waals surface area contributed by atoms with Gasteiger partial charge in [0.15, 0.2) is 17.3 Å². The SMILES string of the molecule is CN(CCCCc1nc2c3cc(F)cc(F)c3nc(N)n2n1)C(=O)c1cnc(C(C)(C)N)cn1. The molecule has 0 aliphatic rings. The van der Waals surface area contributed by atoms with Crippen LogP contribution in [0, 0.1) is 11.6 Å². The minimum Gasteiger partial charge on any atom is -0.368 e. The van der Waals surface area contributed by atoms with Gasteiger partial charge in [-0.1, -0.05) is 0 Å². The Morgan fingerprint density at radius 1 is 1.15 bits per heavy atom. The monoisotopic (exact) mass is 469 g/mol. The van der Waals surface area contributed by atoms with Crippen molar-refractivity contribution in [1.29, 1.82) is 0 Å². The Balaban J connectivity index is 1.39. The summed E-state index contributed by atoms with van der Waals surface area (Å²) in [5.74, 6) is -1.36. The Labute approximate surface area is 194 Å². The number of halogens is 2. The molecule has 0 bridgehead atoms. The second-order valence-electron chi connectivity index (χ2n) is 8.71. The summed E-state index contributed by atoms with van der Waals surface area (Å²) in [7, 11) is 1.69. The van der Waals surface area contributed by atoms with Crippen LogP contribution in [0.25, 0.3) is 16.6 Å². The lowest BCUT2D eigenvalue weighted by molar-refractivity contribution is 0.0786. The number of aromatic nitrogens is 6. The molecule has 0 unspecified atom stereocenters. The van der Waals surface area contributed by atoms with Gasteiger partial charge in [-0.3, -0.25) is 9.78 Å².